The summed E-state index contributed by atoms with van der Waals surface area (Å²) in [6, 6.07) is 5.19. The van der Waals surface area contributed by atoms with E-state index in [1.165, 1.54) is 0 Å². The van der Waals surface area contributed by atoms with Crippen LogP contribution in [-0.2, 0) is 16.6 Å². The molecule has 0 bridgehead atoms. The molecule has 3 heterocycles. The molecular formula is C19H25N5O3. The molecule has 0 unspecified atom stereocenters. The predicted molar refractivity (Wildman–Crippen MR) is 102 cm³/mol. The monoisotopic (exact) mass is 371 g/mol. The van der Waals surface area contributed by atoms with Gasteiger partial charge in [-0.15, -0.1) is 0 Å². The molecule has 2 saturated heterocycles. The van der Waals surface area contributed by atoms with Crippen LogP contribution in [0.3, 0.4) is 0 Å². The Hall–Kier alpha value is -2.61. The van der Waals surface area contributed by atoms with Crippen LogP contribution in [0, 0.1) is 0 Å². The van der Waals surface area contributed by atoms with Crippen molar-refractivity contribution in [3.63, 3.8) is 0 Å². The first-order valence-corrected chi connectivity index (χ1v) is 9.48. The summed E-state index contributed by atoms with van der Waals surface area (Å²) in [6.45, 7) is 5.96. The molecule has 0 saturated carbocycles. The Bertz CT molecular complexity index is 872. The number of aromatic nitrogens is 2. The molecule has 8 heteroatoms. The number of ether oxygens (including phenoxy) is 1. The van der Waals surface area contributed by atoms with Crippen molar-refractivity contribution in [1.82, 2.24) is 19.8 Å². The van der Waals surface area contributed by atoms with E-state index in [4.69, 9.17) is 9.72 Å². The molecule has 144 valence electrons. The zero-order valence-corrected chi connectivity index (χ0v) is 15.8. The maximum Gasteiger partial charge on any atom is 0.254 e. The van der Waals surface area contributed by atoms with E-state index >= 15 is 0 Å². The van der Waals surface area contributed by atoms with E-state index in [1.54, 1.807) is 4.90 Å². The highest BCUT2D eigenvalue weighted by atomic mass is 16.5. The van der Waals surface area contributed by atoms with Crippen LogP contribution in [0.4, 0.5) is 5.95 Å². The number of anilines is 1. The van der Waals surface area contributed by atoms with Crippen LogP contribution in [0.2, 0.25) is 0 Å². The van der Waals surface area contributed by atoms with Crippen molar-refractivity contribution in [2.45, 2.75) is 19.4 Å². The molecule has 1 atom stereocenters. The lowest BCUT2D eigenvalue weighted by Crippen LogP contribution is -2.56. The van der Waals surface area contributed by atoms with Crippen LogP contribution in [0.25, 0.3) is 11.0 Å². The van der Waals surface area contributed by atoms with Gasteiger partial charge in [0.15, 0.2) is 0 Å². The molecule has 1 N–H and O–H groups in total. The third kappa shape index (κ3) is 3.14. The van der Waals surface area contributed by atoms with E-state index in [1.807, 2.05) is 32.2 Å². The third-order valence-corrected chi connectivity index (χ3v) is 5.38. The molecule has 1 aromatic heterocycles. The van der Waals surface area contributed by atoms with E-state index < -0.39 is 6.04 Å². The van der Waals surface area contributed by atoms with Gasteiger partial charge in [-0.05, 0) is 24.6 Å². The highest BCUT2D eigenvalue weighted by Gasteiger charge is 2.32. The summed E-state index contributed by atoms with van der Waals surface area (Å²) in [4.78, 5) is 33.7. The summed E-state index contributed by atoms with van der Waals surface area (Å²) in [5.74, 6) is 0.699. The van der Waals surface area contributed by atoms with Gasteiger partial charge in [0.2, 0.25) is 11.9 Å². The minimum Gasteiger partial charge on any atom is -0.378 e. The second kappa shape index (κ2) is 7.19. The molecule has 0 aliphatic carbocycles. The highest BCUT2D eigenvalue weighted by molar-refractivity contribution is 6.00. The maximum absolute atomic E-state index is 13.0. The Labute approximate surface area is 158 Å². The van der Waals surface area contributed by atoms with Gasteiger partial charge in [-0.25, -0.2) is 4.98 Å². The number of fused-ring (bicyclic) bond motifs is 1. The van der Waals surface area contributed by atoms with Crippen LogP contribution in [0.5, 0.6) is 0 Å². The molecule has 0 spiro atoms. The van der Waals surface area contributed by atoms with Crippen LogP contribution in [0.15, 0.2) is 18.2 Å². The maximum atomic E-state index is 13.0. The standard InChI is InChI=1S/C19H25N5O3/c1-3-15-17(25)20-6-7-24(15)18(26)13-4-5-16-14(12-13)21-19(22(16)2)23-8-10-27-11-9-23/h4-5,12,15H,3,6-11H2,1-2H3,(H,20,25)/t15-/m1/s1. The zero-order valence-electron chi connectivity index (χ0n) is 15.8. The van der Waals surface area contributed by atoms with Crippen molar-refractivity contribution in [2.24, 2.45) is 7.05 Å². The number of morpholine rings is 1. The average Bonchev–Trinajstić information content (AvgIpc) is 3.04. The number of carbonyl (C=O) groups excluding carboxylic acids is 2. The van der Waals surface area contributed by atoms with Crippen molar-refractivity contribution < 1.29 is 14.3 Å². The number of amides is 2. The summed E-state index contributed by atoms with van der Waals surface area (Å²) in [6.07, 6.45) is 0.602. The normalized spacial score (nSPS) is 20.8. The molecular weight excluding hydrogens is 346 g/mol. The molecule has 2 amide bonds. The molecule has 1 aromatic carbocycles. The van der Waals surface area contributed by atoms with Crippen molar-refractivity contribution >= 4 is 28.8 Å². The Kier molecular flexibility index (Phi) is 4.73. The van der Waals surface area contributed by atoms with Crippen molar-refractivity contribution in [1.29, 1.82) is 0 Å². The third-order valence-electron chi connectivity index (χ3n) is 5.38. The van der Waals surface area contributed by atoms with Gasteiger partial charge in [0, 0.05) is 38.8 Å². The minimum absolute atomic E-state index is 0.0781. The molecule has 2 fully saturated rings. The lowest BCUT2D eigenvalue weighted by Gasteiger charge is -2.34. The number of benzene rings is 1. The second-order valence-electron chi connectivity index (χ2n) is 6.99. The SMILES string of the molecule is CC[C@@H]1C(=O)NCCN1C(=O)c1ccc2c(c1)nc(N1CCOCC1)n2C. The molecule has 2 aliphatic heterocycles. The fourth-order valence-corrected chi connectivity index (χ4v) is 3.90. The minimum atomic E-state index is -0.408. The molecule has 8 nitrogen and oxygen atoms in total. The lowest BCUT2D eigenvalue weighted by atomic mass is 10.1. The van der Waals surface area contributed by atoms with Gasteiger partial charge in [0.25, 0.3) is 5.91 Å². The van der Waals surface area contributed by atoms with Crippen molar-refractivity contribution in [3.05, 3.63) is 23.8 Å². The molecule has 0 radical (unpaired) electrons. The van der Waals surface area contributed by atoms with Gasteiger partial charge in [0.1, 0.15) is 6.04 Å². The largest absolute Gasteiger partial charge is 0.378 e. The number of carbonyl (C=O) groups is 2. The van der Waals surface area contributed by atoms with E-state index in [-0.39, 0.29) is 11.8 Å². The fraction of sp³-hybridized carbons (Fsp3) is 0.526. The summed E-state index contributed by atoms with van der Waals surface area (Å²) in [5.41, 5.74) is 2.35. The number of piperazine rings is 1. The number of hydrogen-bond acceptors (Lipinski definition) is 5. The first-order valence-electron chi connectivity index (χ1n) is 9.48. The van der Waals surface area contributed by atoms with Crippen LogP contribution in [0.1, 0.15) is 23.7 Å². The number of aryl methyl sites for hydroxylation is 1. The van der Waals surface area contributed by atoms with Crippen molar-refractivity contribution in [2.75, 3.05) is 44.3 Å². The Morgan fingerprint density at radius 3 is 2.81 bits per heavy atom. The van der Waals surface area contributed by atoms with Gasteiger partial charge >= 0.3 is 0 Å². The Balaban J connectivity index is 1.64. The summed E-state index contributed by atoms with van der Waals surface area (Å²) < 4.78 is 7.47. The topological polar surface area (TPSA) is 79.7 Å². The second-order valence-corrected chi connectivity index (χ2v) is 6.99. The van der Waals surface area contributed by atoms with Gasteiger partial charge in [-0.1, -0.05) is 6.92 Å². The summed E-state index contributed by atoms with van der Waals surface area (Å²) in [7, 11) is 1.99. The average molecular weight is 371 g/mol. The van der Waals surface area contributed by atoms with Crippen LogP contribution >= 0.6 is 0 Å². The molecule has 4 rings (SSSR count). The van der Waals surface area contributed by atoms with E-state index in [9.17, 15) is 9.59 Å². The van der Waals surface area contributed by atoms with Gasteiger partial charge < -0.3 is 24.4 Å². The Morgan fingerprint density at radius 1 is 1.30 bits per heavy atom. The van der Waals surface area contributed by atoms with E-state index in [0.717, 1.165) is 30.1 Å². The number of nitrogens with one attached hydrogen (secondary N) is 1. The van der Waals surface area contributed by atoms with Gasteiger partial charge in [-0.2, -0.15) is 0 Å². The van der Waals surface area contributed by atoms with Gasteiger partial charge in [-0.3, -0.25) is 9.59 Å². The molecule has 2 aromatic rings. The first-order chi connectivity index (χ1) is 13.1. The van der Waals surface area contributed by atoms with Gasteiger partial charge in [0.05, 0.1) is 24.2 Å². The molecule has 27 heavy (non-hydrogen) atoms. The Morgan fingerprint density at radius 2 is 2.07 bits per heavy atom. The summed E-state index contributed by atoms with van der Waals surface area (Å²) >= 11 is 0. The van der Waals surface area contributed by atoms with Crippen LogP contribution < -0.4 is 10.2 Å². The lowest BCUT2D eigenvalue weighted by molar-refractivity contribution is -0.127. The zero-order chi connectivity index (χ0) is 19.0. The molecule has 2 aliphatic rings. The number of hydrogen-bond donors (Lipinski definition) is 1. The van der Waals surface area contributed by atoms with Crippen molar-refractivity contribution in [3.8, 4) is 0 Å². The summed E-state index contributed by atoms with van der Waals surface area (Å²) in [5, 5.41) is 2.83. The first kappa shape index (κ1) is 17.8. The van der Waals surface area contributed by atoms with E-state index in [0.29, 0.717) is 38.3 Å². The number of imidazole rings is 1. The number of rotatable bonds is 3. The highest BCUT2D eigenvalue weighted by Crippen LogP contribution is 2.24. The van der Waals surface area contributed by atoms with Crippen LogP contribution in [-0.4, -0.2) is 71.7 Å². The van der Waals surface area contributed by atoms with E-state index in [2.05, 4.69) is 14.8 Å². The smallest absolute Gasteiger partial charge is 0.254 e. The number of nitrogens with zero attached hydrogens (tertiary/aromatic N) is 4. The quantitative estimate of drug-likeness (QED) is 0.862. The predicted octanol–water partition coefficient (Wildman–Crippen LogP) is 0.761. The fourth-order valence-electron chi connectivity index (χ4n) is 3.90.